The van der Waals surface area contributed by atoms with Crippen LogP contribution in [0.15, 0.2) is 47.4 Å². The van der Waals surface area contributed by atoms with Gasteiger partial charge in [-0.2, -0.15) is 24.5 Å². The Labute approximate surface area is 169 Å². The van der Waals surface area contributed by atoms with Crippen LogP contribution in [0.4, 0.5) is 13.2 Å². The zero-order chi connectivity index (χ0) is 20.4. The number of carbonyl (C=O) groups excluding carboxylic acids is 1. The van der Waals surface area contributed by atoms with E-state index in [0.717, 1.165) is 6.07 Å². The average molecular weight is 418 g/mol. The van der Waals surface area contributed by atoms with E-state index < -0.39 is 11.9 Å². The minimum atomic E-state index is -4.54. The van der Waals surface area contributed by atoms with Gasteiger partial charge in [0.25, 0.3) is 5.91 Å². The van der Waals surface area contributed by atoms with Gasteiger partial charge in [0.1, 0.15) is 11.5 Å². The quantitative estimate of drug-likeness (QED) is 0.622. The van der Waals surface area contributed by atoms with Gasteiger partial charge in [-0.05, 0) is 42.5 Å². The molecule has 0 radical (unpaired) electrons. The molecule has 9 heteroatoms. The lowest BCUT2D eigenvalue weighted by Gasteiger charge is -2.31. The van der Waals surface area contributed by atoms with Gasteiger partial charge in [0, 0.05) is 47.9 Å². The first kappa shape index (κ1) is 19.5. The van der Waals surface area contributed by atoms with E-state index in [-0.39, 0.29) is 23.3 Å². The number of amides is 1. The van der Waals surface area contributed by atoms with E-state index in [1.807, 2.05) is 0 Å². The molecule has 1 fully saturated rings. The van der Waals surface area contributed by atoms with Crippen molar-refractivity contribution in [2.75, 3.05) is 13.1 Å². The fraction of sp³-hybridized carbons (Fsp3) is 0.300. The molecule has 1 aliphatic rings. The van der Waals surface area contributed by atoms with Crippen molar-refractivity contribution in [3.05, 3.63) is 64.5 Å². The molecule has 0 spiro atoms. The third kappa shape index (κ3) is 4.29. The molecule has 5 nitrogen and oxygen atoms in total. The number of halogens is 3. The van der Waals surface area contributed by atoms with E-state index in [0.29, 0.717) is 37.1 Å². The number of carbonyl (C=O) groups is 1. The maximum Gasteiger partial charge on any atom is 0.433 e. The summed E-state index contributed by atoms with van der Waals surface area (Å²) in [5.74, 6) is -0.136. The van der Waals surface area contributed by atoms with Crippen LogP contribution in [0, 0.1) is 0 Å². The summed E-state index contributed by atoms with van der Waals surface area (Å²) in [5, 5.41) is 3.57. The molecule has 1 aliphatic heterocycles. The van der Waals surface area contributed by atoms with Gasteiger partial charge in [-0.1, -0.05) is 0 Å². The Morgan fingerprint density at radius 3 is 2.45 bits per heavy atom. The lowest BCUT2D eigenvalue weighted by Crippen LogP contribution is -2.38. The van der Waals surface area contributed by atoms with E-state index in [2.05, 4.69) is 15.0 Å². The summed E-state index contributed by atoms with van der Waals surface area (Å²) in [6.45, 7) is 0.887. The van der Waals surface area contributed by atoms with Gasteiger partial charge in [-0.25, -0.2) is 9.97 Å². The Bertz CT molecular complexity index is 985. The van der Waals surface area contributed by atoms with Crippen LogP contribution in [-0.2, 0) is 6.18 Å². The SMILES string of the molecule is O=C(c1ccncc1)N1CCC(c2nc(-c3ccsc3)cc(C(F)(F)F)n2)CC1. The summed E-state index contributed by atoms with van der Waals surface area (Å²) in [5.41, 5.74) is 0.542. The van der Waals surface area contributed by atoms with Gasteiger partial charge >= 0.3 is 6.18 Å². The van der Waals surface area contributed by atoms with E-state index in [4.69, 9.17) is 0 Å². The Kier molecular flexibility index (Phi) is 5.31. The lowest BCUT2D eigenvalue weighted by atomic mass is 9.95. The molecule has 4 heterocycles. The van der Waals surface area contributed by atoms with Crippen LogP contribution in [0.1, 0.15) is 40.6 Å². The molecule has 0 aliphatic carbocycles. The molecule has 29 heavy (non-hydrogen) atoms. The largest absolute Gasteiger partial charge is 0.433 e. The van der Waals surface area contributed by atoms with Gasteiger partial charge in [0.15, 0.2) is 0 Å². The van der Waals surface area contributed by atoms with E-state index in [9.17, 15) is 18.0 Å². The summed E-state index contributed by atoms with van der Waals surface area (Å²) in [4.78, 5) is 26.4. The fourth-order valence-corrected chi connectivity index (χ4v) is 4.02. The molecule has 0 unspecified atom stereocenters. The normalized spacial score (nSPS) is 15.5. The highest BCUT2D eigenvalue weighted by Crippen LogP contribution is 2.34. The van der Waals surface area contributed by atoms with Crippen LogP contribution in [0.2, 0.25) is 0 Å². The summed E-state index contributed by atoms with van der Waals surface area (Å²) in [6, 6.07) is 6.04. The van der Waals surface area contributed by atoms with Gasteiger partial charge < -0.3 is 4.90 Å². The molecular formula is C20H17F3N4OS. The Balaban J connectivity index is 1.55. The Morgan fingerprint density at radius 1 is 1.10 bits per heavy atom. The van der Waals surface area contributed by atoms with Crippen LogP contribution in [-0.4, -0.2) is 38.8 Å². The highest BCUT2D eigenvalue weighted by atomic mass is 32.1. The first-order valence-corrected chi connectivity index (χ1v) is 10.0. The van der Waals surface area contributed by atoms with Crippen molar-refractivity contribution in [2.24, 2.45) is 0 Å². The molecule has 3 aromatic heterocycles. The maximum atomic E-state index is 13.4. The van der Waals surface area contributed by atoms with Crippen LogP contribution in [0.25, 0.3) is 11.3 Å². The number of thiophene rings is 1. The number of piperidine rings is 1. The monoisotopic (exact) mass is 418 g/mol. The first-order chi connectivity index (χ1) is 13.9. The minimum Gasteiger partial charge on any atom is -0.339 e. The molecule has 0 N–H and O–H groups in total. The Hall–Kier alpha value is -2.81. The lowest BCUT2D eigenvalue weighted by molar-refractivity contribution is -0.141. The third-order valence-corrected chi connectivity index (χ3v) is 5.61. The van der Waals surface area contributed by atoms with Crippen molar-refractivity contribution < 1.29 is 18.0 Å². The summed E-state index contributed by atoms with van der Waals surface area (Å²) < 4.78 is 40.1. The predicted octanol–water partition coefficient (Wildman–Crippen LogP) is 4.64. The van der Waals surface area contributed by atoms with E-state index >= 15 is 0 Å². The predicted molar refractivity (Wildman–Crippen MR) is 102 cm³/mol. The molecule has 0 saturated carbocycles. The third-order valence-electron chi connectivity index (χ3n) is 4.93. The second-order valence-corrected chi connectivity index (χ2v) is 7.59. The average Bonchev–Trinajstić information content (AvgIpc) is 3.28. The zero-order valence-corrected chi connectivity index (χ0v) is 16.1. The number of aromatic nitrogens is 3. The molecule has 3 aromatic rings. The van der Waals surface area contributed by atoms with Crippen LogP contribution >= 0.6 is 11.3 Å². The van der Waals surface area contributed by atoms with Crippen molar-refractivity contribution in [1.82, 2.24) is 19.9 Å². The van der Waals surface area contributed by atoms with Crippen LogP contribution in [0.3, 0.4) is 0 Å². The number of pyridine rings is 1. The van der Waals surface area contributed by atoms with Gasteiger partial charge in [0.05, 0.1) is 5.69 Å². The molecule has 0 aromatic carbocycles. The van der Waals surface area contributed by atoms with Crippen LogP contribution in [0.5, 0.6) is 0 Å². The van der Waals surface area contributed by atoms with Crippen molar-refractivity contribution >= 4 is 17.2 Å². The number of hydrogen-bond acceptors (Lipinski definition) is 5. The van der Waals surface area contributed by atoms with Crippen molar-refractivity contribution in [3.63, 3.8) is 0 Å². The molecule has 1 amide bonds. The number of rotatable bonds is 3. The number of likely N-dealkylation sites (tertiary alicyclic amines) is 1. The van der Waals surface area contributed by atoms with Crippen molar-refractivity contribution in [3.8, 4) is 11.3 Å². The number of alkyl halides is 3. The van der Waals surface area contributed by atoms with Gasteiger partial charge in [-0.3, -0.25) is 9.78 Å². The molecular weight excluding hydrogens is 401 g/mol. The van der Waals surface area contributed by atoms with E-state index in [1.165, 1.54) is 11.3 Å². The second-order valence-electron chi connectivity index (χ2n) is 6.81. The molecule has 0 bridgehead atoms. The standard InChI is InChI=1S/C20H17F3N4OS/c21-20(22,23)17-11-16(15-5-10-29-12-15)25-18(26-17)13-3-8-27(9-4-13)19(28)14-1-6-24-7-2-14/h1-2,5-7,10-13H,3-4,8-9H2. The summed E-state index contributed by atoms with van der Waals surface area (Å²) in [7, 11) is 0. The summed E-state index contributed by atoms with van der Waals surface area (Å²) in [6.07, 6.45) is -0.395. The molecule has 150 valence electrons. The van der Waals surface area contributed by atoms with Gasteiger partial charge in [0.2, 0.25) is 0 Å². The van der Waals surface area contributed by atoms with Crippen molar-refractivity contribution in [2.45, 2.75) is 24.9 Å². The molecule has 4 rings (SSSR count). The topological polar surface area (TPSA) is 59.0 Å². The smallest absolute Gasteiger partial charge is 0.339 e. The van der Waals surface area contributed by atoms with Gasteiger partial charge in [-0.15, -0.1) is 0 Å². The Morgan fingerprint density at radius 2 is 1.83 bits per heavy atom. The van der Waals surface area contributed by atoms with Crippen molar-refractivity contribution in [1.29, 1.82) is 0 Å². The molecule has 1 saturated heterocycles. The van der Waals surface area contributed by atoms with Crippen LogP contribution < -0.4 is 0 Å². The zero-order valence-electron chi connectivity index (χ0n) is 15.3. The number of nitrogens with zero attached hydrogens (tertiary/aromatic N) is 4. The molecule has 0 atom stereocenters. The highest BCUT2D eigenvalue weighted by molar-refractivity contribution is 7.08. The second kappa shape index (κ2) is 7.90. The first-order valence-electron chi connectivity index (χ1n) is 9.10. The minimum absolute atomic E-state index is 0.102. The maximum absolute atomic E-state index is 13.4. The fourth-order valence-electron chi connectivity index (χ4n) is 3.37. The number of hydrogen-bond donors (Lipinski definition) is 0. The van der Waals surface area contributed by atoms with E-state index in [1.54, 1.807) is 46.3 Å². The highest BCUT2D eigenvalue weighted by Gasteiger charge is 2.35. The summed E-state index contributed by atoms with van der Waals surface area (Å²) >= 11 is 1.40.